The molecule has 0 bridgehead atoms. The van der Waals surface area contributed by atoms with E-state index in [1.807, 2.05) is 0 Å². The highest BCUT2D eigenvalue weighted by atomic mass is 16.1. The Hall–Kier alpha value is -1.89. The van der Waals surface area contributed by atoms with Gasteiger partial charge < -0.3 is 0 Å². The molecular formula is C33H48O. The van der Waals surface area contributed by atoms with Crippen LogP contribution in [0.15, 0.2) is 41.0 Å². The quantitative estimate of drug-likeness (QED) is 0.396. The number of carbonyl (C=O) groups excluding carboxylic acids is 1. The Bertz CT molecular complexity index is 1010. The fourth-order valence-corrected chi connectivity index (χ4v) is 5.90. The van der Waals surface area contributed by atoms with Gasteiger partial charge >= 0.3 is 0 Å². The molecule has 3 rings (SSSR count). The molecule has 0 amide bonds. The number of ketones is 1. The molecule has 0 radical (unpaired) electrons. The van der Waals surface area contributed by atoms with Gasteiger partial charge in [0.25, 0.3) is 0 Å². The molecule has 2 aliphatic carbocycles. The average molecular weight is 461 g/mol. The minimum absolute atomic E-state index is 0.0194. The van der Waals surface area contributed by atoms with Crippen molar-refractivity contribution in [1.29, 1.82) is 0 Å². The predicted octanol–water partition coefficient (Wildman–Crippen LogP) is 9.46. The van der Waals surface area contributed by atoms with Crippen LogP contribution in [0.3, 0.4) is 0 Å². The molecule has 0 aliphatic heterocycles. The fourth-order valence-electron chi connectivity index (χ4n) is 5.90. The van der Waals surface area contributed by atoms with E-state index in [0.717, 1.165) is 5.57 Å². The smallest absolute Gasteiger partial charge is 0.168 e. The molecule has 1 aromatic rings. The van der Waals surface area contributed by atoms with Crippen molar-refractivity contribution in [2.24, 2.45) is 29.6 Å². The van der Waals surface area contributed by atoms with Crippen LogP contribution in [-0.2, 0) is 4.79 Å². The summed E-state index contributed by atoms with van der Waals surface area (Å²) in [4.78, 5) is 14.4. The number of rotatable bonds is 7. The number of Topliss-reactive ketones (excluding diaryl/α,β-unsaturated/α-hetero) is 1. The second kappa shape index (κ2) is 10.00. The molecule has 186 valence electrons. The van der Waals surface area contributed by atoms with Gasteiger partial charge in [0, 0.05) is 17.4 Å². The Morgan fingerprint density at radius 3 is 1.59 bits per heavy atom. The highest BCUT2D eigenvalue weighted by Crippen LogP contribution is 2.53. The van der Waals surface area contributed by atoms with Crippen molar-refractivity contribution in [3.8, 4) is 0 Å². The van der Waals surface area contributed by atoms with Gasteiger partial charge in [0.05, 0.1) is 0 Å². The zero-order valence-electron chi connectivity index (χ0n) is 23.8. The summed E-state index contributed by atoms with van der Waals surface area (Å²) < 4.78 is 0. The molecule has 0 saturated carbocycles. The highest BCUT2D eigenvalue weighted by molar-refractivity contribution is 6.27. The molecule has 34 heavy (non-hydrogen) atoms. The van der Waals surface area contributed by atoms with Crippen molar-refractivity contribution in [1.82, 2.24) is 0 Å². The normalized spacial score (nSPS) is 21.1. The Kier molecular flexibility index (Phi) is 7.86. The molecule has 1 nitrogen and oxygen atoms in total. The molecule has 2 atom stereocenters. The molecule has 2 unspecified atom stereocenters. The van der Waals surface area contributed by atoms with Gasteiger partial charge in [-0.2, -0.15) is 0 Å². The summed E-state index contributed by atoms with van der Waals surface area (Å²) in [5, 5.41) is 0. The van der Waals surface area contributed by atoms with Crippen LogP contribution in [0, 0.1) is 29.6 Å². The van der Waals surface area contributed by atoms with Crippen LogP contribution in [0.25, 0.3) is 5.57 Å². The lowest BCUT2D eigenvalue weighted by Crippen LogP contribution is -2.25. The van der Waals surface area contributed by atoms with Crippen molar-refractivity contribution in [2.45, 2.75) is 101 Å². The van der Waals surface area contributed by atoms with E-state index in [4.69, 9.17) is 0 Å². The van der Waals surface area contributed by atoms with E-state index in [9.17, 15) is 4.79 Å². The van der Waals surface area contributed by atoms with Gasteiger partial charge in [-0.25, -0.2) is 0 Å². The molecular weight excluding hydrogens is 412 g/mol. The van der Waals surface area contributed by atoms with E-state index in [1.54, 1.807) is 0 Å². The van der Waals surface area contributed by atoms with E-state index in [2.05, 4.69) is 107 Å². The van der Waals surface area contributed by atoms with Crippen molar-refractivity contribution >= 4 is 11.4 Å². The third-order valence-corrected chi connectivity index (χ3v) is 7.93. The summed E-state index contributed by atoms with van der Waals surface area (Å²) in [5.74, 6) is 2.91. The van der Waals surface area contributed by atoms with Gasteiger partial charge in [0.2, 0.25) is 0 Å². The predicted molar refractivity (Wildman–Crippen MR) is 148 cm³/mol. The Morgan fingerprint density at radius 2 is 1.21 bits per heavy atom. The highest BCUT2D eigenvalue weighted by Gasteiger charge is 2.46. The summed E-state index contributed by atoms with van der Waals surface area (Å²) in [5.41, 5.74) is 10.4. The minimum Gasteiger partial charge on any atom is -0.294 e. The first-order chi connectivity index (χ1) is 15.8. The van der Waals surface area contributed by atoms with Crippen LogP contribution in [0.2, 0.25) is 0 Å². The van der Waals surface area contributed by atoms with Crippen molar-refractivity contribution in [3.05, 3.63) is 63.3 Å². The number of benzene rings is 1. The number of fused-ring (bicyclic) bond motifs is 1. The van der Waals surface area contributed by atoms with Crippen LogP contribution >= 0.6 is 0 Å². The zero-order chi connectivity index (χ0) is 25.6. The van der Waals surface area contributed by atoms with Crippen molar-refractivity contribution in [2.75, 3.05) is 0 Å². The molecule has 0 N–H and O–H groups in total. The Labute approximate surface area is 209 Å². The SMILES string of the molecule is CC(C)C1=CC2C(=C(c3c(C(C)C)cc(C(C)C)cc3C(C)C)C(=O)C2C(C)C)C(C(C)C)=C1. The monoisotopic (exact) mass is 460 g/mol. The maximum Gasteiger partial charge on any atom is 0.168 e. The van der Waals surface area contributed by atoms with E-state index in [-0.39, 0.29) is 11.8 Å². The van der Waals surface area contributed by atoms with E-state index >= 15 is 0 Å². The van der Waals surface area contributed by atoms with E-state index < -0.39 is 0 Å². The summed E-state index contributed by atoms with van der Waals surface area (Å²) >= 11 is 0. The summed E-state index contributed by atoms with van der Waals surface area (Å²) in [6.07, 6.45) is 4.85. The van der Waals surface area contributed by atoms with Crippen LogP contribution in [-0.4, -0.2) is 5.78 Å². The lowest BCUT2D eigenvalue weighted by molar-refractivity contribution is -0.118. The lowest BCUT2D eigenvalue weighted by Gasteiger charge is -2.30. The van der Waals surface area contributed by atoms with E-state index in [0.29, 0.717) is 41.3 Å². The van der Waals surface area contributed by atoms with Crippen molar-refractivity contribution in [3.63, 3.8) is 0 Å². The fraction of sp³-hybridized carbons (Fsp3) is 0.606. The van der Waals surface area contributed by atoms with Gasteiger partial charge in [-0.1, -0.05) is 107 Å². The van der Waals surface area contributed by atoms with Crippen LogP contribution in [0.5, 0.6) is 0 Å². The number of allylic oxidation sites excluding steroid dienone is 6. The topological polar surface area (TPSA) is 17.1 Å². The number of carbonyl (C=O) groups is 1. The molecule has 1 heteroatoms. The van der Waals surface area contributed by atoms with Crippen LogP contribution in [0.1, 0.15) is 123 Å². The number of hydrogen-bond acceptors (Lipinski definition) is 1. The second-order valence-electron chi connectivity index (χ2n) is 12.6. The van der Waals surface area contributed by atoms with Gasteiger partial charge in [0.15, 0.2) is 5.78 Å². The van der Waals surface area contributed by atoms with Gasteiger partial charge in [-0.05, 0) is 74.5 Å². The van der Waals surface area contributed by atoms with E-state index in [1.165, 1.54) is 39.0 Å². The molecule has 1 aromatic carbocycles. The third-order valence-electron chi connectivity index (χ3n) is 7.93. The molecule has 0 heterocycles. The van der Waals surface area contributed by atoms with Crippen LogP contribution < -0.4 is 0 Å². The summed E-state index contributed by atoms with van der Waals surface area (Å²) in [6, 6.07) is 4.79. The molecule has 0 aromatic heterocycles. The second-order valence-corrected chi connectivity index (χ2v) is 12.6. The first kappa shape index (κ1) is 26.7. The van der Waals surface area contributed by atoms with Gasteiger partial charge in [0.1, 0.15) is 0 Å². The largest absolute Gasteiger partial charge is 0.294 e. The van der Waals surface area contributed by atoms with Gasteiger partial charge in [-0.15, -0.1) is 0 Å². The summed E-state index contributed by atoms with van der Waals surface area (Å²) in [7, 11) is 0. The maximum atomic E-state index is 14.4. The van der Waals surface area contributed by atoms with Crippen LogP contribution in [0.4, 0.5) is 0 Å². The summed E-state index contributed by atoms with van der Waals surface area (Å²) in [6.45, 7) is 27.3. The zero-order valence-corrected chi connectivity index (χ0v) is 23.8. The Morgan fingerprint density at radius 1 is 0.676 bits per heavy atom. The molecule has 0 spiro atoms. The average Bonchev–Trinajstić information content (AvgIpc) is 3.02. The molecule has 2 aliphatic rings. The standard InChI is InChI=1S/C33H48O/c1-17(2)23-13-25(19(5)6)30(26(14-23)20(7)8)32-31-27(21(9)10)15-24(18(3)4)16-28(31)29(22(11)12)33(32)34/h13-22,28-29H,1-12H3. The lowest BCUT2D eigenvalue weighted by atomic mass is 9.73. The molecule has 0 saturated heterocycles. The van der Waals surface area contributed by atoms with Crippen molar-refractivity contribution < 1.29 is 4.79 Å². The first-order valence-corrected chi connectivity index (χ1v) is 13.7. The third kappa shape index (κ3) is 4.65. The Balaban J connectivity index is 2.47. The number of hydrogen-bond donors (Lipinski definition) is 0. The van der Waals surface area contributed by atoms with Gasteiger partial charge in [-0.3, -0.25) is 4.79 Å². The minimum atomic E-state index is 0.0194. The first-order valence-electron chi connectivity index (χ1n) is 13.7. The molecule has 0 fully saturated rings. The maximum absolute atomic E-state index is 14.4.